The number of rotatable bonds is 5. The van der Waals surface area contributed by atoms with Gasteiger partial charge < -0.3 is 10.6 Å². The van der Waals surface area contributed by atoms with Crippen LogP contribution >= 0.6 is 12.4 Å². The zero-order chi connectivity index (χ0) is 13.7. The third-order valence-electron chi connectivity index (χ3n) is 2.81. The van der Waals surface area contributed by atoms with Crippen molar-refractivity contribution >= 4 is 24.0 Å². The van der Waals surface area contributed by atoms with Crippen molar-refractivity contribution in [1.29, 1.82) is 0 Å². The summed E-state index contributed by atoms with van der Waals surface area (Å²) < 4.78 is 0. The molecule has 0 aromatic heterocycles. The number of hydrogen-bond acceptors (Lipinski definition) is 4. The predicted molar refractivity (Wildman–Crippen MR) is 75.9 cm³/mol. The summed E-state index contributed by atoms with van der Waals surface area (Å²) in [5.74, 6) is -0.293. The first kappa shape index (κ1) is 17.3. The van der Waals surface area contributed by atoms with Gasteiger partial charge in [0.25, 0.3) is 11.6 Å². The van der Waals surface area contributed by atoms with Gasteiger partial charge in [0.1, 0.15) is 0 Å². The largest absolute Gasteiger partial charge is 0.350 e. The molecule has 0 aliphatic carbocycles. The van der Waals surface area contributed by atoms with E-state index < -0.39 is 4.92 Å². The molecule has 2 N–H and O–H groups in total. The summed E-state index contributed by atoms with van der Waals surface area (Å²) in [7, 11) is 1.80. The highest BCUT2D eigenvalue weighted by molar-refractivity contribution is 5.96. The van der Waals surface area contributed by atoms with Crippen LogP contribution in [-0.2, 0) is 0 Å². The monoisotopic (exact) mass is 287 g/mol. The van der Waals surface area contributed by atoms with E-state index in [-0.39, 0.29) is 30.0 Å². The van der Waals surface area contributed by atoms with Gasteiger partial charge in [-0.15, -0.1) is 12.4 Å². The summed E-state index contributed by atoms with van der Waals surface area (Å²) in [6, 6.07) is 4.64. The highest BCUT2D eigenvalue weighted by Gasteiger charge is 2.17. The van der Waals surface area contributed by atoms with Crippen molar-refractivity contribution < 1.29 is 9.72 Å². The summed E-state index contributed by atoms with van der Waals surface area (Å²) in [5.41, 5.74) is 0.689. The molecule has 1 aromatic carbocycles. The fourth-order valence-electron chi connectivity index (χ4n) is 1.51. The molecule has 0 aliphatic heterocycles. The third-order valence-corrected chi connectivity index (χ3v) is 2.81. The van der Waals surface area contributed by atoms with Crippen LogP contribution in [0.3, 0.4) is 0 Å². The Labute approximate surface area is 118 Å². The van der Waals surface area contributed by atoms with Crippen molar-refractivity contribution in [3.05, 3.63) is 39.4 Å². The maximum absolute atomic E-state index is 11.9. The van der Waals surface area contributed by atoms with Crippen LogP contribution in [0.25, 0.3) is 0 Å². The fraction of sp³-hybridized carbons (Fsp3) is 0.417. The summed E-state index contributed by atoms with van der Waals surface area (Å²) >= 11 is 0. The SMILES string of the molecule is CNC(C)CNC(=O)c1cccc([N+](=O)[O-])c1C.Cl. The van der Waals surface area contributed by atoms with Crippen LogP contribution in [0.5, 0.6) is 0 Å². The van der Waals surface area contributed by atoms with E-state index in [2.05, 4.69) is 10.6 Å². The Morgan fingerprint density at radius 1 is 1.47 bits per heavy atom. The highest BCUT2D eigenvalue weighted by Crippen LogP contribution is 2.20. The van der Waals surface area contributed by atoms with E-state index in [9.17, 15) is 14.9 Å². The Balaban J connectivity index is 0.00000324. The molecule has 0 heterocycles. The number of nitro benzene ring substituents is 1. The average molecular weight is 288 g/mol. The van der Waals surface area contributed by atoms with E-state index in [0.717, 1.165) is 0 Å². The maximum Gasteiger partial charge on any atom is 0.273 e. The van der Waals surface area contributed by atoms with Crippen LogP contribution in [-0.4, -0.2) is 30.5 Å². The van der Waals surface area contributed by atoms with Gasteiger partial charge in [-0.2, -0.15) is 0 Å². The predicted octanol–water partition coefficient (Wildman–Crippen LogP) is 1.66. The zero-order valence-electron chi connectivity index (χ0n) is 11.1. The molecule has 1 rings (SSSR count). The highest BCUT2D eigenvalue weighted by atomic mass is 35.5. The molecule has 0 radical (unpaired) electrons. The van der Waals surface area contributed by atoms with Crippen LogP contribution in [0, 0.1) is 17.0 Å². The summed E-state index contributed by atoms with van der Waals surface area (Å²) in [5, 5.41) is 16.5. The van der Waals surface area contributed by atoms with Gasteiger partial charge in [-0.1, -0.05) is 6.07 Å². The zero-order valence-corrected chi connectivity index (χ0v) is 11.9. The number of amides is 1. The number of nitrogens with one attached hydrogen (secondary N) is 2. The fourth-order valence-corrected chi connectivity index (χ4v) is 1.51. The first-order chi connectivity index (χ1) is 8.47. The molecule has 0 spiro atoms. The number of nitro groups is 1. The minimum absolute atomic E-state index is 0. The third kappa shape index (κ3) is 4.50. The Bertz CT molecular complexity index is 466. The normalized spacial score (nSPS) is 11.3. The molecule has 0 aliphatic rings. The number of likely N-dealkylation sites (N-methyl/N-ethyl adjacent to an activating group) is 1. The van der Waals surface area contributed by atoms with E-state index in [1.165, 1.54) is 12.1 Å². The second-order valence-electron chi connectivity index (χ2n) is 4.11. The van der Waals surface area contributed by atoms with Gasteiger partial charge in [0.05, 0.1) is 4.92 Å². The Hall–Kier alpha value is -1.66. The van der Waals surface area contributed by atoms with Crippen molar-refractivity contribution in [2.24, 2.45) is 0 Å². The summed E-state index contributed by atoms with van der Waals surface area (Å²) in [6.45, 7) is 3.98. The Morgan fingerprint density at radius 2 is 2.11 bits per heavy atom. The Kier molecular flexibility index (Phi) is 7.03. The second-order valence-corrected chi connectivity index (χ2v) is 4.11. The lowest BCUT2D eigenvalue weighted by Gasteiger charge is -2.12. The van der Waals surface area contributed by atoms with Gasteiger partial charge in [0, 0.05) is 29.8 Å². The van der Waals surface area contributed by atoms with Gasteiger partial charge in [0.2, 0.25) is 0 Å². The van der Waals surface area contributed by atoms with Gasteiger partial charge in [0.15, 0.2) is 0 Å². The standard InChI is InChI=1S/C12H17N3O3.ClH/c1-8(13-3)7-14-12(16)10-5-4-6-11(9(10)2)15(17)18;/h4-6,8,13H,7H2,1-3H3,(H,14,16);1H. The lowest BCUT2D eigenvalue weighted by molar-refractivity contribution is -0.385. The molecule has 7 heteroatoms. The van der Waals surface area contributed by atoms with Gasteiger partial charge in [-0.3, -0.25) is 14.9 Å². The number of benzene rings is 1. The molecule has 1 atom stereocenters. The average Bonchev–Trinajstić information content (AvgIpc) is 2.35. The molecule has 0 saturated carbocycles. The number of nitrogens with zero attached hydrogens (tertiary/aromatic N) is 1. The Morgan fingerprint density at radius 3 is 2.63 bits per heavy atom. The lowest BCUT2D eigenvalue weighted by atomic mass is 10.1. The van der Waals surface area contributed by atoms with Crippen LogP contribution < -0.4 is 10.6 Å². The molecule has 0 bridgehead atoms. The summed E-state index contributed by atoms with van der Waals surface area (Å²) in [4.78, 5) is 22.2. The molecule has 6 nitrogen and oxygen atoms in total. The van der Waals surface area contributed by atoms with Crippen molar-refractivity contribution in [2.75, 3.05) is 13.6 Å². The molecule has 19 heavy (non-hydrogen) atoms. The van der Waals surface area contributed by atoms with Crippen molar-refractivity contribution in [2.45, 2.75) is 19.9 Å². The van der Waals surface area contributed by atoms with Crippen LogP contribution in [0.2, 0.25) is 0 Å². The molecule has 0 fully saturated rings. The van der Waals surface area contributed by atoms with Crippen molar-refractivity contribution in [3.63, 3.8) is 0 Å². The summed E-state index contributed by atoms with van der Waals surface area (Å²) in [6.07, 6.45) is 0. The van der Waals surface area contributed by atoms with E-state index in [1.807, 2.05) is 6.92 Å². The van der Waals surface area contributed by atoms with Crippen LogP contribution in [0.15, 0.2) is 18.2 Å². The molecular weight excluding hydrogens is 270 g/mol. The first-order valence-corrected chi connectivity index (χ1v) is 5.66. The van der Waals surface area contributed by atoms with E-state index >= 15 is 0 Å². The van der Waals surface area contributed by atoms with E-state index in [4.69, 9.17) is 0 Å². The van der Waals surface area contributed by atoms with Gasteiger partial charge in [-0.05, 0) is 27.0 Å². The van der Waals surface area contributed by atoms with E-state index in [1.54, 1.807) is 20.0 Å². The number of carbonyl (C=O) groups is 1. The maximum atomic E-state index is 11.9. The van der Waals surface area contributed by atoms with Crippen LogP contribution in [0.4, 0.5) is 5.69 Å². The first-order valence-electron chi connectivity index (χ1n) is 5.66. The molecule has 0 saturated heterocycles. The topological polar surface area (TPSA) is 84.3 Å². The molecule has 106 valence electrons. The lowest BCUT2D eigenvalue weighted by Crippen LogP contribution is -2.37. The number of halogens is 1. The molecular formula is C12H18ClN3O3. The molecule has 1 aromatic rings. The van der Waals surface area contributed by atoms with Crippen molar-refractivity contribution in [1.82, 2.24) is 10.6 Å². The van der Waals surface area contributed by atoms with Gasteiger partial charge >= 0.3 is 0 Å². The molecule has 1 amide bonds. The number of hydrogen-bond donors (Lipinski definition) is 2. The van der Waals surface area contributed by atoms with Crippen LogP contribution in [0.1, 0.15) is 22.8 Å². The van der Waals surface area contributed by atoms with Gasteiger partial charge in [-0.25, -0.2) is 0 Å². The van der Waals surface area contributed by atoms with E-state index in [0.29, 0.717) is 17.7 Å². The quantitative estimate of drug-likeness (QED) is 0.637. The molecule has 1 unspecified atom stereocenters. The van der Waals surface area contributed by atoms with Crippen molar-refractivity contribution in [3.8, 4) is 0 Å². The minimum Gasteiger partial charge on any atom is -0.350 e. The smallest absolute Gasteiger partial charge is 0.273 e. The number of carbonyl (C=O) groups excluding carboxylic acids is 1. The minimum atomic E-state index is -0.484. The second kappa shape index (κ2) is 7.70.